The zero-order valence-corrected chi connectivity index (χ0v) is 12.2. The smallest absolute Gasteiger partial charge is 0.0201 e. The Labute approximate surface area is 128 Å². The maximum atomic E-state index is 3.28. The van der Waals surface area contributed by atoms with Crippen molar-refractivity contribution in [2.75, 3.05) is 0 Å². The lowest BCUT2D eigenvalue weighted by molar-refractivity contribution is 1.42. The number of hydrogen-bond donors (Lipinski definition) is 0. The van der Waals surface area contributed by atoms with Crippen LogP contribution in [-0.2, 0) is 0 Å². The average Bonchev–Trinajstić information content (AvgIpc) is 2.54. The van der Waals surface area contributed by atoms with Crippen molar-refractivity contribution in [3.05, 3.63) is 84.9 Å². The second-order valence-corrected chi connectivity index (χ2v) is 6.09. The van der Waals surface area contributed by atoms with Gasteiger partial charge in [-0.1, -0.05) is 66.4 Å². The van der Waals surface area contributed by atoms with Gasteiger partial charge in [0.1, 0.15) is 0 Å². The van der Waals surface area contributed by atoms with E-state index in [1.54, 1.807) is 11.8 Å². The maximum Gasteiger partial charge on any atom is 0.0201 e. The minimum Gasteiger partial charge on any atom is -0.0888 e. The van der Waals surface area contributed by atoms with Gasteiger partial charge in [0, 0.05) is 9.79 Å². The highest BCUT2D eigenvalue weighted by Gasteiger charge is 2.04. The van der Waals surface area contributed by atoms with Gasteiger partial charge < -0.3 is 0 Å². The summed E-state index contributed by atoms with van der Waals surface area (Å²) >= 11 is 1.77. The van der Waals surface area contributed by atoms with E-state index >= 15 is 0 Å². The molecule has 0 aromatic heterocycles. The first-order chi connectivity index (χ1) is 10.4. The number of fused-ring (bicyclic) bond motifs is 2. The SMILES string of the molecule is [c]1ccccc1Sc1cccc2cc3ccccc3cc12. The highest BCUT2D eigenvalue weighted by molar-refractivity contribution is 7.99. The second kappa shape index (κ2) is 5.27. The molecule has 0 saturated heterocycles. The van der Waals surface area contributed by atoms with Crippen LogP contribution >= 0.6 is 11.8 Å². The van der Waals surface area contributed by atoms with Gasteiger partial charge >= 0.3 is 0 Å². The van der Waals surface area contributed by atoms with E-state index in [1.165, 1.54) is 26.4 Å². The Balaban J connectivity index is 1.90. The van der Waals surface area contributed by atoms with Gasteiger partial charge in [-0.2, -0.15) is 0 Å². The maximum absolute atomic E-state index is 3.28. The van der Waals surface area contributed by atoms with E-state index in [2.05, 4.69) is 72.8 Å². The predicted molar refractivity (Wildman–Crippen MR) is 90.9 cm³/mol. The Morgan fingerprint density at radius 3 is 2.24 bits per heavy atom. The summed E-state index contributed by atoms with van der Waals surface area (Å²) in [5.74, 6) is 0. The normalized spacial score (nSPS) is 11.0. The third-order valence-corrected chi connectivity index (χ3v) is 4.66. The number of benzene rings is 4. The molecule has 1 heteroatoms. The number of rotatable bonds is 2. The van der Waals surface area contributed by atoms with E-state index in [0.29, 0.717) is 0 Å². The fourth-order valence-corrected chi connectivity index (χ4v) is 3.53. The highest BCUT2D eigenvalue weighted by atomic mass is 32.2. The molecule has 0 nitrogen and oxygen atoms in total. The van der Waals surface area contributed by atoms with Crippen LogP contribution < -0.4 is 0 Å². The predicted octanol–water partition coefficient (Wildman–Crippen LogP) is 5.94. The first-order valence-electron chi connectivity index (χ1n) is 6.96. The molecule has 4 aromatic carbocycles. The Bertz CT molecular complexity index is 910. The molecule has 21 heavy (non-hydrogen) atoms. The van der Waals surface area contributed by atoms with E-state index in [1.807, 2.05) is 12.1 Å². The first kappa shape index (κ1) is 12.5. The monoisotopic (exact) mass is 285 g/mol. The van der Waals surface area contributed by atoms with Crippen molar-refractivity contribution < 1.29 is 0 Å². The molecule has 0 aliphatic heterocycles. The second-order valence-electron chi connectivity index (χ2n) is 5.01. The van der Waals surface area contributed by atoms with Crippen LogP contribution in [0, 0.1) is 6.07 Å². The molecule has 0 N–H and O–H groups in total. The standard InChI is InChI=1S/C20H13S/c1-2-10-18(11-3-1)21-20-12-6-9-17-13-15-7-4-5-8-16(15)14-19(17)20/h1-10,12-14H. The Hall–Kier alpha value is -2.25. The molecule has 0 fully saturated rings. The molecule has 99 valence electrons. The molecule has 0 unspecified atom stereocenters. The summed E-state index contributed by atoms with van der Waals surface area (Å²) in [7, 11) is 0. The minimum absolute atomic E-state index is 1.15. The molecule has 1 radical (unpaired) electrons. The fourth-order valence-electron chi connectivity index (χ4n) is 2.59. The van der Waals surface area contributed by atoms with E-state index in [4.69, 9.17) is 0 Å². The van der Waals surface area contributed by atoms with Gasteiger partial charge in [0.15, 0.2) is 0 Å². The summed E-state index contributed by atoms with van der Waals surface area (Å²) in [4.78, 5) is 2.43. The molecule has 4 aromatic rings. The van der Waals surface area contributed by atoms with Crippen LogP contribution in [0.2, 0.25) is 0 Å². The molecule has 0 saturated carbocycles. The summed E-state index contributed by atoms with van der Waals surface area (Å²) < 4.78 is 0. The van der Waals surface area contributed by atoms with Gasteiger partial charge in [-0.05, 0) is 51.9 Å². The Morgan fingerprint density at radius 1 is 0.667 bits per heavy atom. The largest absolute Gasteiger partial charge is 0.0888 e. The lowest BCUT2D eigenvalue weighted by Crippen LogP contribution is -1.80. The average molecular weight is 285 g/mol. The fraction of sp³-hybridized carbons (Fsp3) is 0. The topological polar surface area (TPSA) is 0 Å². The lowest BCUT2D eigenvalue weighted by atomic mass is 10.0. The summed E-state index contributed by atoms with van der Waals surface area (Å²) in [6.07, 6.45) is 0. The van der Waals surface area contributed by atoms with Crippen LogP contribution in [0.25, 0.3) is 21.5 Å². The van der Waals surface area contributed by atoms with Crippen molar-refractivity contribution >= 4 is 33.3 Å². The van der Waals surface area contributed by atoms with Crippen LogP contribution in [0.15, 0.2) is 88.7 Å². The van der Waals surface area contributed by atoms with Crippen molar-refractivity contribution in [2.45, 2.75) is 9.79 Å². The summed E-state index contributed by atoms with van der Waals surface area (Å²) in [5, 5.41) is 5.17. The van der Waals surface area contributed by atoms with Crippen molar-refractivity contribution in [1.29, 1.82) is 0 Å². The molecule has 0 amide bonds. The molecule has 0 aliphatic rings. The molecule has 4 rings (SSSR count). The molecule has 0 atom stereocenters. The van der Waals surface area contributed by atoms with Crippen LogP contribution in [0.3, 0.4) is 0 Å². The van der Waals surface area contributed by atoms with E-state index in [9.17, 15) is 0 Å². The molecule has 0 aliphatic carbocycles. The van der Waals surface area contributed by atoms with E-state index < -0.39 is 0 Å². The Morgan fingerprint density at radius 2 is 1.43 bits per heavy atom. The van der Waals surface area contributed by atoms with Gasteiger partial charge in [-0.3, -0.25) is 0 Å². The number of hydrogen-bond acceptors (Lipinski definition) is 1. The van der Waals surface area contributed by atoms with E-state index in [-0.39, 0.29) is 0 Å². The molecular weight excluding hydrogens is 272 g/mol. The van der Waals surface area contributed by atoms with Gasteiger partial charge in [0.25, 0.3) is 0 Å². The summed E-state index contributed by atoms with van der Waals surface area (Å²) in [6.45, 7) is 0. The van der Waals surface area contributed by atoms with Crippen molar-refractivity contribution in [1.82, 2.24) is 0 Å². The summed E-state index contributed by atoms with van der Waals surface area (Å²) in [5.41, 5.74) is 0. The zero-order valence-electron chi connectivity index (χ0n) is 11.4. The van der Waals surface area contributed by atoms with Crippen molar-refractivity contribution in [3.63, 3.8) is 0 Å². The molecule has 0 spiro atoms. The van der Waals surface area contributed by atoms with Crippen LogP contribution in [0.4, 0.5) is 0 Å². The van der Waals surface area contributed by atoms with Gasteiger partial charge in [0.2, 0.25) is 0 Å². The van der Waals surface area contributed by atoms with Gasteiger partial charge in [-0.15, -0.1) is 0 Å². The van der Waals surface area contributed by atoms with Crippen LogP contribution in [0.1, 0.15) is 0 Å². The van der Waals surface area contributed by atoms with Crippen LogP contribution in [0.5, 0.6) is 0 Å². The molecule has 0 bridgehead atoms. The quantitative estimate of drug-likeness (QED) is 0.410. The Kier molecular flexibility index (Phi) is 3.13. The third-order valence-electron chi connectivity index (χ3n) is 3.61. The highest BCUT2D eigenvalue weighted by Crippen LogP contribution is 2.35. The zero-order chi connectivity index (χ0) is 14.1. The van der Waals surface area contributed by atoms with Crippen LogP contribution in [-0.4, -0.2) is 0 Å². The first-order valence-corrected chi connectivity index (χ1v) is 7.78. The van der Waals surface area contributed by atoms with Crippen molar-refractivity contribution in [2.24, 2.45) is 0 Å². The lowest BCUT2D eigenvalue weighted by Gasteiger charge is -2.08. The molecular formula is C20H13S. The van der Waals surface area contributed by atoms with E-state index in [0.717, 1.165) is 4.90 Å². The summed E-state index contributed by atoms with van der Waals surface area (Å²) in [6, 6.07) is 31.0. The van der Waals surface area contributed by atoms with Crippen molar-refractivity contribution in [3.8, 4) is 0 Å². The molecule has 0 heterocycles. The third kappa shape index (κ3) is 2.41. The van der Waals surface area contributed by atoms with Gasteiger partial charge in [-0.25, -0.2) is 0 Å². The minimum atomic E-state index is 1.15. The van der Waals surface area contributed by atoms with Gasteiger partial charge in [0.05, 0.1) is 0 Å².